The number of aliphatic hydroxyl groups is 1. The van der Waals surface area contributed by atoms with Gasteiger partial charge < -0.3 is 28.8 Å². The molecule has 0 bridgehead atoms. The van der Waals surface area contributed by atoms with Gasteiger partial charge in [-0.2, -0.15) is 0 Å². The Hall–Kier alpha value is -0.240. The Morgan fingerprint density at radius 2 is 1.11 bits per heavy atom. The maximum Gasteiger partial charge on any atom is 0.184 e. The Balaban J connectivity index is 2.84. The van der Waals surface area contributed by atoms with Crippen molar-refractivity contribution >= 4 is 0 Å². The van der Waals surface area contributed by atoms with Crippen molar-refractivity contribution in [3.8, 4) is 0 Å². The van der Waals surface area contributed by atoms with Gasteiger partial charge >= 0.3 is 0 Å². The molecule has 0 aliphatic carbocycles. The molecule has 0 aromatic rings. The van der Waals surface area contributed by atoms with E-state index in [1.807, 2.05) is 0 Å². The van der Waals surface area contributed by atoms with E-state index in [0.29, 0.717) is 33.0 Å². The van der Waals surface area contributed by atoms with Crippen LogP contribution in [0.5, 0.6) is 0 Å². The van der Waals surface area contributed by atoms with Crippen LogP contribution in [0.2, 0.25) is 0 Å². The van der Waals surface area contributed by atoms with Crippen molar-refractivity contribution in [2.75, 3.05) is 33.0 Å². The van der Waals surface area contributed by atoms with Gasteiger partial charge in [-0.05, 0) is 25.7 Å². The van der Waals surface area contributed by atoms with Crippen molar-refractivity contribution in [3.63, 3.8) is 0 Å². The third-order valence-electron chi connectivity index (χ3n) is 4.96. The third-order valence-corrected chi connectivity index (χ3v) is 4.96. The Morgan fingerprint density at radius 1 is 0.643 bits per heavy atom. The SMILES string of the molecule is CCCCOCC1OC(O)[C@@H](OCCCC)C(OCCCC)[C@@H]1OCCCC. The molecule has 0 spiro atoms. The summed E-state index contributed by atoms with van der Waals surface area (Å²) in [6.45, 7) is 11.5. The van der Waals surface area contributed by atoms with E-state index < -0.39 is 12.4 Å². The number of rotatable bonds is 17. The molecular weight excluding hydrogens is 360 g/mol. The van der Waals surface area contributed by atoms with Crippen LogP contribution in [-0.2, 0) is 23.7 Å². The second-order valence-electron chi connectivity index (χ2n) is 7.56. The van der Waals surface area contributed by atoms with Crippen LogP contribution in [0.3, 0.4) is 0 Å². The monoisotopic (exact) mass is 404 g/mol. The fourth-order valence-corrected chi connectivity index (χ4v) is 3.13. The average molecular weight is 405 g/mol. The summed E-state index contributed by atoms with van der Waals surface area (Å²) in [5.74, 6) is 0. The first-order chi connectivity index (χ1) is 13.7. The highest BCUT2D eigenvalue weighted by molar-refractivity contribution is 4.92. The molecule has 1 aliphatic rings. The van der Waals surface area contributed by atoms with Gasteiger partial charge in [0.2, 0.25) is 0 Å². The quantitative estimate of drug-likeness (QED) is 0.369. The van der Waals surface area contributed by atoms with Gasteiger partial charge in [-0.1, -0.05) is 53.4 Å². The van der Waals surface area contributed by atoms with Gasteiger partial charge in [0.1, 0.15) is 24.4 Å². The van der Waals surface area contributed by atoms with Gasteiger partial charge in [0.15, 0.2) is 6.29 Å². The average Bonchev–Trinajstić information content (AvgIpc) is 2.69. The molecule has 1 N–H and O–H groups in total. The van der Waals surface area contributed by atoms with Crippen molar-refractivity contribution in [2.45, 2.75) is 110 Å². The zero-order valence-corrected chi connectivity index (χ0v) is 18.6. The van der Waals surface area contributed by atoms with Crippen LogP contribution in [0.4, 0.5) is 0 Å². The number of hydrogen-bond donors (Lipinski definition) is 1. The maximum absolute atomic E-state index is 10.6. The zero-order chi connectivity index (χ0) is 20.6. The summed E-state index contributed by atoms with van der Waals surface area (Å²) in [6, 6.07) is 0. The molecule has 0 amide bonds. The lowest BCUT2D eigenvalue weighted by molar-refractivity contribution is -0.312. The van der Waals surface area contributed by atoms with Gasteiger partial charge in [-0.3, -0.25) is 0 Å². The first-order valence-corrected chi connectivity index (χ1v) is 11.5. The summed E-state index contributed by atoms with van der Waals surface area (Å²) >= 11 is 0. The van der Waals surface area contributed by atoms with Crippen LogP contribution < -0.4 is 0 Å². The Bertz CT molecular complexity index is 354. The molecule has 1 rings (SSSR count). The summed E-state index contributed by atoms with van der Waals surface area (Å²) in [5, 5.41) is 10.6. The second-order valence-corrected chi connectivity index (χ2v) is 7.56. The van der Waals surface area contributed by atoms with Gasteiger partial charge in [0, 0.05) is 26.4 Å². The molecule has 28 heavy (non-hydrogen) atoms. The highest BCUT2D eigenvalue weighted by Gasteiger charge is 2.47. The molecule has 0 saturated carbocycles. The Labute approximate surface area is 172 Å². The van der Waals surface area contributed by atoms with Gasteiger partial charge in [0.25, 0.3) is 0 Å². The molecule has 1 aliphatic heterocycles. The highest BCUT2D eigenvalue weighted by Crippen LogP contribution is 2.28. The van der Waals surface area contributed by atoms with Crippen molar-refractivity contribution in [2.24, 2.45) is 0 Å². The van der Waals surface area contributed by atoms with Crippen LogP contribution in [-0.4, -0.2) is 68.8 Å². The van der Waals surface area contributed by atoms with E-state index in [1.54, 1.807) is 0 Å². The Kier molecular flexibility index (Phi) is 15.2. The van der Waals surface area contributed by atoms with Crippen molar-refractivity contribution < 1.29 is 28.8 Å². The van der Waals surface area contributed by atoms with E-state index in [4.69, 9.17) is 23.7 Å². The van der Waals surface area contributed by atoms with Crippen LogP contribution in [0.1, 0.15) is 79.1 Å². The van der Waals surface area contributed by atoms with E-state index >= 15 is 0 Å². The first kappa shape index (κ1) is 25.8. The molecule has 0 aromatic heterocycles. The molecule has 5 atom stereocenters. The highest BCUT2D eigenvalue weighted by atomic mass is 16.7. The summed E-state index contributed by atoms with van der Waals surface area (Å²) in [6.07, 6.45) is 5.53. The van der Waals surface area contributed by atoms with E-state index in [-0.39, 0.29) is 18.3 Å². The smallest absolute Gasteiger partial charge is 0.184 e. The molecule has 0 aromatic carbocycles. The van der Waals surface area contributed by atoms with Crippen molar-refractivity contribution in [1.82, 2.24) is 0 Å². The number of ether oxygens (including phenoxy) is 5. The fraction of sp³-hybridized carbons (Fsp3) is 1.00. The fourth-order valence-electron chi connectivity index (χ4n) is 3.13. The van der Waals surface area contributed by atoms with Gasteiger partial charge in [0.05, 0.1) is 6.61 Å². The third kappa shape index (κ3) is 9.51. The molecular formula is C22H44O6. The maximum atomic E-state index is 10.6. The minimum Gasteiger partial charge on any atom is -0.379 e. The summed E-state index contributed by atoms with van der Waals surface area (Å²) in [4.78, 5) is 0. The lowest BCUT2D eigenvalue weighted by atomic mass is 9.98. The minimum atomic E-state index is -1.03. The van der Waals surface area contributed by atoms with Gasteiger partial charge in [-0.15, -0.1) is 0 Å². The van der Waals surface area contributed by atoms with Crippen LogP contribution in [0.15, 0.2) is 0 Å². The normalized spacial score (nSPS) is 28.0. The van der Waals surface area contributed by atoms with Crippen LogP contribution in [0, 0.1) is 0 Å². The van der Waals surface area contributed by atoms with E-state index in [9.17, 15) is 5.11 Å². The predicted octanol–water partition coefficient (Wildman–Crippen LogP) is 4.08. The number of aliphatic hydroxyl groups excluding tert-OH is 1. The largest absolute Gasteiger partial charge is 0.379 e. The minimum absolute atomic E-state index is 0.306. The Morgan fingerprint density at radius 3 is 1.64 bits per heavy atom. The lowest BCUT2D eigenvalue weighted by Crippen LogP contribution is -2.61. The van der Waals surface area contributed by atoms with Crippen LogP contribution in [0.25, 0.3) is 0 Å². The van der Waals surface area contributed by atoms with E-state index in [2.05, 4.69) is 27.7 Å². The zero-order valence-electron chi connectivity index (χ0n) is 18.6. The van der Waals surface area contributed by atoms with E-state index in [1.165, 1.54) is 0 Å². The molecule has 1 saturated heterocycles. The van der Waals surface area contributed by atoms with E-state index in [0.717, 1.165) is 51.4 Å². The molecule has 1 heterocycles. The standard InChI is InChI=1S/C22H44O6/c1-5-9-13-24-17-18-19(25-14-10-6-2)20(26-15-11-7-3)21(22(23)28-18)27-16-12-8-4/h18-23H,5-17H2,1-4H3/t18?,19-,20?,21+,22?/m1/s1. The van der Waals surface area contributed by atoms with Crippen LogP contribution >= 0.6 is 0 Å². The molecule has 6 heteroatoms. The summed E-state index contributed by atoms with van der Waals surface area (Å²) in [7, 11) is 0. The van der Waals surface area contributed by atoms with Crippen molar-refractivity contribution in [3.05, 3.63) is 0 Å². The molecule has 0 radical (unpaired) electrons. The molecule has 3 unspecified atom stereocenters. The number of hydrogen-bond acceptors (Lipinski definition) is 6. The molecule has 168 valence electrons. The molecule has 1 fully saturated rings. The van der Waals surface area contributed by atoms with Gasteiger partial charge in [-0.25, -0.2) is 0 Å². The lowest BCUT2D eigenvalue weighted by Gasteiger charge is -2.44. The summed E-state index contributed by atoms with van der Waals surface area (Å²) in [5.41, 5.74) is 0. The second kappa shape index (κ2) is 16.5. The first-order valence-electron chi connectivity index (χ1n) is 11.5. The summed E-state index contributed by atoms with van der Waals surface area (Å²) < 4.78 is 30.1. The number of unbranched alkanes of at least 4 members (excludes halogenated alkanes) is 4. The van der Waals surface area contributed by atoms with Crippen molar-refractivity contribution in [1.29, 1.82) is 0 Å². The predicted molar refractivity (Wildman–Crippen MR) is 111 cm³/mol. The molecule has 6 nitrogen and oxygen atoms in total. The topological polar surface area (TPSA) is 66.4 Å².